The molecule has 2 N–H and O–H groups in total. The van der Waals surface area contributed by atoms with E-state index in [2.05, 4.69) is 10.3 Å². The van der Waals surface area contributed by atoms with Gasteiger partial charge in [-0.2, -0.15) is 0 Å². The van der Waals surface area contributed by atoms with Crippen molar-refractivity contribution in [1.29, 1.82) is 0 Å². The fraction of sp³-hybridized carbons (Fsp3) is 0. The summed E-state index contributed by atoms with van der Waals surface area (Å²) in [4.78, 5) is 26.6. The van der Waals surface area contributed by atoms with E-state index in [0.29, 0.717) is 5.69 Å². The molecule has 2 aromatic rings. The molecule has 26 heavy (non-hydrogen) atoms. The van der Waals surface area contributed by atoms with Gasteiger partial charge in [-0.1, -0.05) is 11.6 Å². The van der Waals surface area contributed by atoms with E-state index in [0.717, 1.165) is 17.8 Å². The number of aromatic hydroxyl groups is 1. The van der Waals surface area contributed by atoms with Gasteiger partial charge < -0.3 is 10.4 Å². The second kappa shape index (κ2) is 7.14. The van der Waals surface area contributed by atoms with E-state index in [9.17, 15) is 24.4 Å². The van der Waals surface area contributed by atoms with E-state index in [1.54, 1.807) is 0 Å². The summed E-state index contributed by atoms with van der Waals surface area (Å²) in [5, 5.41) is 23.8. The summed E-state index contributed by atoms with van der Waals surface area (Å²) in [6.45, 7) is 0. The third-order valence-corrected chi connectivity index (χ3v) is 4.40. The lowest BCUT2D eigenvalue weighted by Gasteiger charge is -2.02. The molecular weight excluding hydrogens is 385 g/mol. The Morgan fingerprint density at radius 2 is 2.00 bits per heavy atom. The lowest BCUT2D eigenvalue weighted by Crippen LogP contribution is -2.19. The van der Waals surface area contributed by atoms with Crippen LogP contribution >= 0.6 is 23.4 Å². The minimum Gasteiger partial charge on any atom is -0.502 e. The lowest BCUT2D eigenvalue weighted by atomic mass is 10.1. The van der Waals surface area contributed by atoms with Gasteiger partial charge >= 0.3 is 5.69 Å². The number of nitrogens with one attached hydrogen (secondary N) is 1. The molecule has 0 aliphatic carbocycles. The van der Waals surface area contributed by atoms with E-state index in [1.165, 1.54) is 36.4 Å². The molecule has 1 fully saturated rings. The number of amidine groups is 1. The highest BCUT2D eigenvalue weighted by atomic mass is 35.5. The SMILES string of the molecule is O=C1NC(=Nc2ccc(F)cc2)S/C1=C/c1cc(Cl)cc([N+](=O)[O-])c1O. The van der Waals surface area contributed by atoms with Crippen molar-refractivity contribution in [3.63, 3.8) is 0 Å². The molecule has 0 atom stereocenters. The van der Waals surface area contributed by atoms with Crippen molar-refractivity contribution in [3.8, 4) is 5.75 Å². The van der Waals surface area contributed by atoms with Crippen LogP contribution in [0.5, 0.6) is 5.75 Å². The molecule has 0 aromatic heterocycles. The smallest absolute Gasteiger partial charge is 0.312 e. The minimum atomic E-state index is -0.771. The Bertz CT molecular complexity index is 976. The number of benzene rings is 2. The Kier molecular flexibility index (Phi) is 4.92. The molecule has 2 aromatic carbocycles. The van der Waals surface area contributed by atoms with Gasteiger partial charge in [0, 0.05) is 16.7 Å². The van der Waals surface area contributed by atoms with Crippen LogP contribution in [0.4, 0.5) is 15.8 Å². The normalized spacial score (nSPS) is 16.9. The number of nitro benzene ring substituents is 1. The number of carbonyl (C=O) groups is 1. The molecule has 1 saturated heterocycles. The summed E-state index contributed by atoms with van der Waals surface area (Å²) in [7, 11) is 0. The first kappa shape index (κ1) is 17.9. The first-order valence-corrected chi connectivity index (χ1v) is 8.25. The lowest BCUT2D eigenvalue weighted by molar-refractivity contribution is -0.385. The van der Waals surface area contributed by atoms with E-state index in [-0.39, 0.29) is 20.7 Å². The highest BCUT2D eigenvalue weighted by Gasteiger charge is 2.25. The van der Waals surface area contributed by atoms with Crippen LogP contribution in [-0.2, 0) is 4.79 Å². The third kappa shape index (κ3) is 3.84. The summed E-state index contributed by atoms with van der Waals surface area (Å²) in [6.07, 6.45) is 1.28. The quantitative estimate of drug-likeness (QED) is 0.466. The van der Waals surface area contributed by atoms with Crippen LogP contribution < -0.4 is 5.32 Å². The zero-order valence-electron chi connectivity index (χ0n) is 12.8. The Labute approximate surface area is 155 Å². The highest BCUT2D eigenvalue weighted by molar-refractivity contribution is 8.18. The van der Waals surface area contributed by atoms with Crippen molar-refractivity contribution in [2.75, 3.05) is 0 Å². The van der Waals surface area contributed by atoms with Crippen molar-refractivity contribution in [1.82, 2.24) is 5.32 Å². The molecule has 132 valence electrons. The molecule has 0 radical (unpaired) electrons. The molecule has 7 nitrogen and oxygen atoms in total. The number of amides is 1. The zero-order valence-corrected chi connectivity index (χ0v) is 14.3. The first-order valence-electron chi connectivity index (χ1n) is 7.05. The molecule has 0 spiro atoms. The number of phenolic OH excluding ortho intramolecular Hbond substituents is 1. The number of halogens is 2. The molecule has 1 aliphatic rings. The Balaban J connectivity index is 1.92. The van der Waals surface area contributed by atoms with Crippen LogP contribution in [0, 0.1) is 15.9 Å². The molecule has 0 bridgehead atoms. The molecule has 3 rings (SSSR count). The predicted octanol–water partition coefficient (Wildman–Crippen LogP) is 3.98. The maximum absolute atomic E-state index is 12.9. The molecule has 0 saturated carbocycles. The number of rotatable bonds is 3. The van der Waals surface area contributed by atoms with Crippen LogP contribution in [0.3, 0.4) is 0 Å². The maximum Gasteiger partial charge on any atom is 0.312 e. The Hall–Kier alpha value is -2.91. The van der Waals surface area contributed by atoms with Gasteiger partial charge in [-0.25, -0.2) is 9.38 Å². The molecule has 0 unspecified atom stereocenters. The zero-order chi connectivity index (χ0) is 18.8. The van der Waals surface area contributed by atoms with Crippen LogP contribution in [0.2, 0.25) is 5.02 Å². The van der Waals surface area contributed by atoms with Crippen molar-refractivity contribution < 1.29 is 19.2 Å². The molecule has 1 heterocycles. The standard InChI is InChI=1S/C16H9ClFN3O4S/c17-9-5-8(14(22)12(7-9)21(24)25)6-13-15(23)20-16(26-13)19-11-3-1-10(18)2-4-11/h1-7,22H,(H,19,20,23)/b13-6+. The third-order valence-electron chi connectivity index (χ3n) is 3.28. The minimum absolute atomic E-state index is 0.0323. The van der Waals surface area contributed by atoms with Crippen LogP contribution in [0.25, 0.3) is 6.08 Å². The van der Waals surface area contributed by atoms with Gasteiger partial charge in [-0.3, -0.25) is 14.9 Å². The number of phenols is 1. The van der Waals surface area contributed by atoms with Crippen LogP contribution in [-0.4, -0.2) is 21.1 Å². The van der Waals surface area contributed by atoms with E-state index < -0.39 is 28.1 Å². The second-order valence-electron chi connectivity index (χ2n) is 5.08. The molecule has 1 aliphatic heterocycles. The topological polar surface area (TPSA) is 105 Å². The van der Waals surface area contributed by atoms with Crippen molar-refractivity contribution in [2.45, 2.75) is 0 Å². The average Bonchev–Trinajstić information content (AvgIpc) is 2.92. The molecule has 1 amide bonds. The summed E-state index contributed by atoms with van der Waals surface area (Å²) in [5.41, 5.74) is -0.0884. The predicted molar refractivity (Wildman–Crippen MR) is 97.0 cm³/mol. The van der Waals surface area contributed by atoms with Crippen LogP contribution in [0.15, 0.2) is 46.3 Å². The summed E-state index contributed by atoms with van der Waals surface area (Å²) in [5.74, 6) is -1.49. The van der Waals surface area contributed by atoms with Crippen molar-refractivity contribution >= 4 is 51.9 Å². The number of aliphatic imine (C=N–C) groups is 1. The van der Waals surface area contributed by atoms with Gasteiger partial charge in [0.25, 0.3) is 5.91 Å². The van der Waals surface area contributed by atoms with Gasteiger partial charge in [-0.15, -0.1) is 0 Å². The number of thioether (sulfide) groups is 1. The Morgan fingerprint density at radius 1 is 1.31 bits per heavy atom. The van der Waals surface area contributed by atoms with Gasteiger partial charge in [0.2, 0.25) is 5.75 Å². The average molecular weight is 394 g/mol. The van der Waals surface area contributed by atoms with Gasteiger partial charge in [-0.05, 0) is 48.2 Å². The van der Waals surface area contributed by atoms with E-state index in [1.807, 2.05) is 0 Å². The summed E-state index contributed by atoms with van der Waals surface area (Å²) < 4.78 is 12.9. The van der Waals surface area contributed by atoms with Gasteiger partial charge in [0.1, 0.15) is 5.82 Å². The monoisotopic (exact) mass is 393 g/mol. The fourth-order valence-electron chi connectivity index (χ4n) is 2.11. The molecular formula is C16H9ClFN3O4S. The summed E-state index contributed by atoms with van der Waals surface area (Å²) >= 11 is 6.80. The Morgan fingerprint density at radius 3 is 2.65 bits per heavy atom. The van der Waals surface area contributed by atoms with Crippen molar-refractivity contribution in [2.24, 2.45) is 4.99 Å². The van der Waals surface area contributed by atoms with E-state index >= 15 is 0 Å². The number of nitrogens with zero attached hydrogens (tertiary/aromatic N) is 2. The van der Waals surface area contributed by atoms with Crippen molar-refractivity contribution in [3.05, 3.63) is 67.8 Å². The largest absolute Gasteiger partial charge is 0.502 e. The molecule has 10 heteroatoms. The highest BCUT2D eigenvalue weighted by Crippen LogP contribution is 2.37. The number of hydrogen-bond acceptors (Lipinski definition) is 6. The number of nitro groups is 1. The number of carbonyl (C=O) groups excluding carboxylic acids is 1. The fourth-order valence-corrected chi connectivity index (χ4v) is 3.16. The van der Waals surface area contributed by atoms with Crippen LogP contribution in [0.1, 0.15) is 5.56 Å². The van der Waals surface area contributed by atoms with Gasteiger partial charge in [0.05, 0.1) is 15.5 Å². The van der Waals surface area contributed by atoms with Gasteiger partial charge in [0.15, 0.2) is 5.17 Å². The number of hydrogen-bond donors (Lipinski definition) is 2. The second-order valence-corrected chi connectivity index (χ2v) is 6.55. The summed E-state index contributed by atoms with van der Waals surface area (Å²) in [6, 6.07) is 7.69. The van der Waals surface area contributed by atoms with E-state index in [4.69, 9.17) is 11.6 Å². The first-order chi connectivity index (χ1) is 12.3. The maximum atomic E-state index is 12.9.